The maximum atomic E-state index is 12.0. The Bertz CT molecular complexity index is 194. The number of halogens is 3. The Morgan fingerprint density at radius 1 is 1.38 bits per heavy atom. The molecule has 0 aliphatic heterocycles. The van der Waals surface area contributed by atoms with E-state index in [1.807, 2.05) is 0 Å². The molecule has 0 saturated heterocycles. The van der Waals surface area contributed by atoms with E-state index in [2.05, 4.69) is 0 Å². The highest BCUT2D eigenvalue weighted by Gasteiger charge is 2.52. The summed E-state index contributed by atoms with van der Waals surface area (Å²) in [4.78, 5) is 9.97. The Morgan fingerprint density at radius 2 is 1.85 bits per heavy atom. The van der Waals surface area contributed by atoms with Gasteiger partial charge in [-0.25, -0.2) is 0 Å². The quantitative estimate of drug-likeness (QED) is 0.602. The molecule has 0 saturated carbocycles. The molecule has 1 atom stereocenters. The molecule has 0 heterocycles. The van der Waals surface area contributed by atoms with Crippen LogP contribution in [0.3, 0.4) is 0 Å². The van der Waals surface area contributed by atoms with Gasteiger partial charge in [0.05, 0.1) is 0 Å². The number of carbonyl (C=O) groups is 1. The van der Waals surface area contributed by atoms with Gasteiger partial charge in [-0.2, -0.15) is 13.2 Å². The summed E-state index contributed by atoms with van der Waals surface area (Å²) in [5.74, 6) is -1.41. The van der Waals surface area contributed by atoms with Crippen molar-refractivity contribution < 1.29 is 28.2 Å². The van der Waals surface area contributed by atoms with Crippen LogP contribution in [0.4, 0.5) is 13.2 Å². The number of nitrogens with two attached hydrogens (primary N) is 1. The van der Waals surface area contributed by atoms with Crippen LogP contribution in [0, 0.1) is 0 Å². The minimum Gasteiger partial charge on any atom is -0.481 e. The maximum Gasteiger partial charge on any atom is 0.418 e. The van der Waals surface area contributed by atoms with Crippen molar-refractivity contribution in [3.63, 3.8) is 0 Å². The average molecular weight is 201 g/mol. The van der Waals surface area contributed by atoms with Gasteiger partial charge in [0, 0.05) is 13.0 Å². The first-order valence-corrected chi connectivity index (χ1v) is 3.44. The van der Waals surface area contributed by atoms with Crippen LogP contribution in [0.2, 0.25) is 0 Å². The predicted octanol–water partition coefficient (Wildman–Crippen LogP) is 0.103. The number of aliphatic carboxylic acids is 1. The van der Waals surface area contributed by atoms with Crippen LogP contribution >= 0.6 is 0 Å². The zero-order valence-electron chi connectivity index (χ0n) is 6.64. The molecule has 0 aliphatic carbocycles. The summed E-state index contributed by atoms with van der Waals surface area (Å²) < 4.78 is 36.1. The lowest BCUT2D eigenvalue weighted by Gasteiger charge is -2.28. The third-order valence-corrected chi connectivity index (χ3v) is 1.62. The van der Waals surface area contributed by atoms with Gasteiger partial charge in [-0.1, -0.05) is 0 Å². The zero-order valence-corrected chi connectivity index (χ0v) is 6.64. The SMILES string of the molecule is NC[C@](O)(CCC(=O)O)C(F)(F)F. The van der Waals surface area contributed by atoms with Crippen LogP contribution in [0.5, 0.6) is 0 Å². The van der Waals surface area contributed by atoms with E-state index < -0.39 is 37.1 Å². The van der Waals surface area contributed by atoms with Gasteiger partial charge in [0.2, 0.25) is 0 Å². The molecular weight excluding hydrogens is 191 g/mol. The second-order valence-electron chi connectivity index (χ2n) is 2.63. The van der Waals surface area contributed by atoms with Gasteiger partial charge in [-0.3, -0.25) is 4.79 Å². The fourth-order valence-corrected chi connectivity index (χ4v) is 0.673. The number of rotatable bonds is 4. The highest BCUT2D eigenvalue weighted by Crippen LogP contribution is 2.33. The van der Waals surface area contributed by atoms with E-state index in [1.165, 1.54) is 0 Å². The summed E-state index contributed by atoms with van der Waals surface area (Å²) in [6.45, 7) is -1.04. The first-order chi connectivity index (χ1) is 5.73. The zero-order chi connectivity index (χ0) is 10.7. The average Bonchev–Trinajstić information content (AvgIpc) is 1.98. The van der Waals surface area contributed by atoms with E-state index >= 15 is 0 Å². The molecule has 0 fully saturated rings. The van der Waals surface area contributed by atoms with E-state index in [4.69, 9.17) is 15.9 Å². The first kappa shape index (κ1) is 12.2. The molecule has 0 amide bonds. The highest BCUT2D eigenvalue weighted by atomic mass is 19.4. The van der Waals surface area contributed by atoms with Crippen LogP contribution in [0.25, 0.3) is 0 Å². The lowest BCUT2D eigenvalue weighted by Crippen LogP contribution is -2.51. The summed E-state index contributed by atoms with van der Waals surface area (Å²) in [5, 5.41) is 17.0. The molecule has 0 aromatic rings. The molecule has 0 rings (SSSR count). The number of carboxylic acids is 1. The van der Waals surface area contributed by atoms with Gasteiger partial charge >= 0.3 is 12.1 Å². The van der Waals surface area contributed by atoms with Crippen molar-refractivity contribution in [3.8, 4) is 0 Å². The summed E-state index contributed by atoms with van der Waals surface area (Å²) in [6.07, 6.45) is -6.59. The number of hydrogen-bond acceptors (Lipinski definition) is 3. The molecule has 0 aromatic carbocycles. The molecule has 4 nitrogen and oxygen atoms in total. The molecular formula is C6H10F3NO3. The normalized spacial score (nSPS) is 16.7. The van der Waals surface area contributed by atoms with Gasteiger partial charge in [-0.05, 0) is 6.42 Å². The van der Waals surface area contributed by atoms with Gasteiger partial charge in [0.15, 0.2) is 5.60 Å². The van der Waals surface area contributed by atoms with E-state index in [9.17, 15) is 18.0 Å². The molecule has 0 aliphatic rings. The number of alkyl halides is 3. The number of hydrogen-bond donors (Lipinski definition) is 3. The van der Waals surface area contributed by atoms with Crippen molar-refractivity contribution >= 4 is 5.97 Å². The third kappa shape index (κ3) is 3.19. The highest BCUT2D eigenvalue weighted by molar-refractivity contribution is 5.66. The third-order valence-electron chi connectivity index (χ3n) is 1.62. The second kappa shape index (κ2) is 3.93. The van der Waals surface area contributed by atoms with Crippen molar-refractivity contribution in [2.45, 2.75) is 24.6 Å². The van der Waals surface area contributed by atoms with Gasteiger partial charge < -0.3 is 15.9 Å². The van der Waals surface area contributed by atoms with Crippen LogP contribution in [0.15, 0.2) is 0 Å². The Balaban J connectivity index is 4.38. The lowest BCUT2D eigenvalue weighted by atomic mass is 9.97. The molecule has 0 aromatic heterocycles. The Hall–Kier alpha value is -0.820. The topological polar surface area (TPSA) is 83.5 Å². The molecule has 78 valence electrons. The first-order valence-electron chi connectivity index (χ1n) is 3.44. The Kier molecular flexibility index (Phi) is 3.68. The number of carboxylic acid groups (broad SMARTS) is 1. The summed E-state index contributed by atoms with van der Waals surface area (Å²) in [6, 6.07) is 0. The van der Waals surface area contributed by atoms with Crippen LogP contribution in [-0.4, -0.2) is 34.5 Å². The lowest BCUT2D eigenvalue weighted by molar-refractivity contribution is -0.258. The molecule has 0 radical (unpaired) electrons. The Labute approximate surface area is 72.2 Å². The van der Waals surface area contributed by atoms with Crippen LogP contribution in [-0.2, 0) is 4.79 Å². The van der Waals surface area contributed by atoms with Crippen molar-refractivity contribution in [3.05, 3.63) is 0 Å². The summed E-state index contributed by atoms with van der Waals surface area (Å²) >= 11 is 0. The van der Waals surface area contributed by atoms with E-state index in [0.29, 0.717) is 0 Å². The van der Waals surface area contributed by atoms with Crippen molar-refractivity contribution in [1.82, 2.24) is 0 Å². The molecule has 0 unspecified atom stereocenters. The second-order valence-corrected chi connectivity index (χ2v) is 2.63. The maximum absolute atomic E-state index is 12.0. The molecule has 0 spiro atoms. The van der Waals surface area contributed by atoms with Crippen LogP contribution < -0.4 is 5.73 Å². The summed E-state index contributed by atoms with van der Waals surface area (Å²) in [5.41, 5.74) is 1.62. The molecule has 13 heavy (non-hydrogen) atoms. The molecule has 0 bridgehead atoms. The molecule has 4 N–H and O–H groups in total. The predicted molar refractivity (Wildman–Crippen MR) is 36.9 cm³/mol. The minimum absolute atomic E-state index is 0.771. The van der Waals surface area contributed by atoms with E-state index in [0.717, 1.165) is 0 Å². The van der Waals surface area contributed by atoms with Crippen molar-refractivity contribution in [2.75, 3.05) is 6.54 Å². The van der Waals surface area contributed by atoms with Gasteiger partial charge in [0.1, 0.15) is 0 Å². The Morgan fingerprint density at radius 3 is 2.08 bits per heavy atom. The van der Waals surface area contributed by atoms with Crippen molar-refractivity contribution in [2.24, 2.45) is 5.73 Å². The van der Waals surface area contributed by atoms with E-state index in [1.54, 1.807) is 0 Å². The van der Waals surface area contributed by atoms with Gasteiger partial charge in [0.25, 0.3) is 0 Å². The standard InChI is InChI=1S/C6H10F3NO3/c7-6(8,9)5(13,3-10)2-1-4(11)12/h13H,1-3,10H2,(H,11,12)/t5-/m1/s1. The fourth-order valence-electron chi connectivity index (χ4n) is 0.673. The van der Waals surface area contributed by atoms with E-state index in [-0.39, 0.29) is 0 Å². The summed E-state index contributed by atoms with van der Waals surface area (Å²) in [7, 11) is 0. The van der Waals surface area contributed by atoms with Crippen LogP contribution in [0.1, 0.15) is 12.8 Å². The fraction of sp³-hybridized carbons (Fsp3) is 0.833. The largest absolute Gasteiger partial charge is 0.481 e. The number of aliphatic hydroxyl groups is 1. The molecule has 7 heteroatoms. The minimum atomic E-state index is -4.89. The smallest absolute Gasteiger partial charge is 0.418 e. The van der Waals surface area contributed by atoms with Crippen molar-refractivity contribution in [1.29, 1.82) is 0 Å². The van der Waals surface area contributed by atoms with Gasteiger partial charge in [-0.15, -0.1) is 0 Å². The monoisotopic (exact) mass is 201 g/mol.